The van der Waals surface area contributed by atoms with E-state index < -0.39 is 0 Å². The average molecular weight is 262 g/mol. The predicted octanol–water partition coefficient (Wildman–Crippen LogP) is 1.85. The van der Waals surface area contributed by atoms with Gasteiger partial charge in [0.05, 0.1) is 0 Å². The number of hydrogen-bond donors (Lipinski definition) is 2. The fourth-order valence-corrected chi connectivity index (χ4v) is 2.17. The summed E-state index contributed by atoms with van der Waals surface area (Å²) in [6.45, 7) is 2.54. The van der Waals surface area contributed by atoms with Gasteiger partial charge in [0.15, 0.2) is 5.16 Å². The SMILES string of the molecule is CCNC(=O)c1ccc(CSc2ncn[nH]2)cc1. The average Bonchev–Trinajstić information content (AvgIpc) is 2.90. The van der Waals surface area contributed by atoms with Crippen molar-refractivity contribution in [1.82, 2.24) is 20.5 Å². The van der Waals surface area contributed by atoms with Gasteiger partial charge in [0.2, 0.25) is 0 Å². The van der Waals surface area contributed by atoms with E-state index in [1.807, 2.05) is 31.2 Å². The summed E-state index contributed by atoms with van der Waals surface area (Å²) < 4.78 is 0. The quantitative estimate of drug-likeness (QED) is 0.807. The number of H-pyrrole nitrogens is 1. The molecule has 1 heterocycles. The monoisotopic (exact) mass is 262 g/mol. The van der Waals surface area contributed by atoms with Crippen LogP contribution in [0.15, 0.2) is 35.7 Å². The molecule has 1 aromatic carbocycles. The number of rotatable bonds is 5. The maximum absolute atomic E-state index is 11.6. The zero-order valence-corrected chi connectivity index (χ0v) is 10.8. The molecule has 0 spiro atoms. The molecule has 5 nitrogen and oxygen atoms in total. The highest BCUT2D eigenvalue weighted by atomic mass is 32.2. The van der Waals surface area contributed by atoms with Crippen LogP contribution in [0.5, 0.6) is 0 Å². The molecule has 6 heteroatoms. The Balaban J connectivity index is 1.93. The molecule has 0 unspecified atom stereocenters. The van der Waals surface area contributed by atoms with Crippen molar-refractivity contribution < 1.29 is 4.79 Å². The minimum atomic E-state index is -0.0352. The molecule has 1 amide bonds. The zero-order chi connectivity index (χ0) is 12.8. The third-order valence-electron chi connectivity index (χ3n) is 2.32. The van der Waals surface area contributed by atoms with E-state index >= 15 is 0 Å². The largest absolute Gasteiger partial charge is 0.352 e. The van der Waals surface area contributed by atoms with E-state index in [0.717, 1.165) is 16.5 Å². The molecule has 0 atom stereocenters. The summed E-state index contributed by atoms with van der Waals surface area (Å²) in [5, 5.41) is 10.1. The van der Waals surface area contributed by atoms with Crippen molar-refractivity contribution in [3.63, 3.8) is 0 Å². The minimum absolute atomic E-state index is 0.0352. The summed E-state index contributed by atoms with van der Waals surface area (Å²) >= 11 is 1.57. The van der Waals surface area contributed by atoms with Gasteiger partial charge in [-0.25, -0.2) is 4.98 Å². The lowest BCUT2D eigenvalue weighted by molar-refractivity contribution is 0.0956. The smallest absolute Gasteiger partial charge is 0.251 e. The van der Waals surface area contributed by atoms with Crippen LogP contribution in [0.4, 0.5) is 0 Å². The number of hydrogen-bond acceptors (Lipinski definition) is 4. The van der Waals surface area contributed by atoms with Gasteiger partial charge in [-0.15, -0.1) is 0 Å². The lowest BCUT2D eigenvalue weighted by Crippen LogP contribution is -2.22. The number of carbonyl (C=O) groups excluding carboxylic acids is 1. The van der Waals surface area contributed by atoms with Crippen LogP contribution < -0.4 is 5.32 Å². The van der Waals surface area contributed by atoms with E-state index in [0.29, 0.717) is 12.1 Å². The fourth-order valence-electron chi connectivity index (χ4n) is 1.43. The number of nitrogens with one attached hydrogen (secondary N) is 2. The van der Waals surface area contributed by atoms with Crippen molar-refractivity contribution in [1.29, 1.82) is 0 Å². The molecule has 0 aliphatic rings. The Kier molecular flexibility index (Phi) is 4.35. The van der Waals surface area contributed by atoms with Crippen molar-refractivity contribution in [3.8, 4) is 0 Å². The third kappa shape index (κ3) is 3.33. The van der Waals surface area contributed by atoms with Crippen LogP contribution in [0.3, 0.4) is 0 Å². The normalized spacial score (nSPS) is 10.3. The highest BCUT2D eigenvalue weighted by Gasteiger charge is 2.04. The Labute approximate surface area is 109 Å². The van der Waals surface area contributed by atoms with Crippen molar-refractivity contribution in [2.75, 3.05) is 6.54 Å². The van der Waals surface area contributed by atoms with Gasteiger partial charge >= 0.3 is 0 Å². The first-order valence-electron chi connectivity index (χ1n) is 5.65. The Bertz CT molecular complexity index is 495. The van der Waals surface area contributed by atoms with Gasteiger partial charge in [-0.3, -0.25) is 9.89 Å². The molecule has 94 valence electrons. The van der Waals surface area contributed by atoms with E-state index in [1.54, 1.807) is 11.8 Å². The minimum Gasteiger partial charge on any atom is -0.352 e. The topological polar surface area (TPSA) is 70.7 Å². The van der Waals surface area contributed by atoms with Crippen molar-refractivity contribution in [3.05, 3.63) is 41.7 Å². The summed E-state index contributed by atoms with van der Waals surface area (Å²) in [5.41, 5.74) is 1.83. The van der Waals surface area contributed by atoms with Crippen LogP contribution in [0, 0.1) is 0 Å². The van der Waals surface area contributed by atoms with E-state index in [2.05, 4.69) is 20.5 Å². The second-order valence-corrected chi connectivity index (χ2v) is 4.60. The molecule has 1 aromatic heterocycles. The molecule has 0 aliphatic carbocycles. The number of amides is 1. The Morgan fingerprint density at radius 3 is 2.78 bits per heavy atom. The maximum Gasteiger partial charge on any atom is 0.251 e. The second-order valence-electron chi connectivity index (χ2n) is 3.64. The van der Waals surface area contributed by atoms with Crippen LogP contribution in [-0.2, 0) is 5.75 Å². The summed E-state index contributed by atoms with van der Waals surface area (Å²) in [5.74, 6) is 0.761. The molecule has 18 heavy (non-hydrogen) atoms. The Hall–Kier alpha value is -1.82. The van der Waals surface area contributed by atoms with Crippen LogP contribution in [-0.4, -0.2) is 27.6 Å². The fraction of sp³-hybridized carbons (Fsp3) is 0.250. The molecule has 0 saturated carbocycles. The molecule has 0 saturated heterocycles. The molecule has 0 radical (unpaired) electrons. The number of nitrogens with zero attached hydrogens (tertiary/aromatic N) is 2. The van der Waals surface area contributed by atoms with Crippen molar-refractivity contribution >= 4 is 17.7 Å². The first-order chi connectivity index (χ1) is 8.79. The van der Waals surface area contributed by atoms with Gasteiger partial charge in [0, 0.05) is 17.9 Å². The van der Waals surface area contributed by atoms with Crippen molar-refractivity contribution in [2.24, 2.45) is 0 Å². The molecule has 2 aromatic rings. The number of aromatic amines is 1. The van der Waals surface area contributed by atoms with Gasteiger partial charge in [-0.05, 0) is 24.6 Å². The Morgan fingerprint density at radius 2 is 2.17 bits per heavy atom. The molecular formula is C12H14N4OS. The molecule has 2 rings (SSSR count). The maximum atomic E-state index is 11.6. The summed E-state index contributed by atoms with van der Waals surface area (Å²) in [7, 11) is 0. The van der Waals surface area contributed by atoms with Crippen LogP contribution in [0.25, 0.3) is 0 Å². The number of aromatic nitrogens is 3. The lowest BCUT2D eigenvalue weighted by Gasteiger charge is -2.03. The standard InChI is InChI=1S/C12H14N4OS/c1-2-13-11(17)10-5-3-9(4-6-10)7-18-12-14-8-15-16-12/h3-6,8H,2,7H2,1H3,(H,13,17)(H,14,15,16). The van der Waals surface area contributed by atoms with Gasteiger partial charge in [0.1, 0.15) is 6.33 Å². The third-order valence-corrected chi connectivity index (χ3v) is 3.27. The molecule has 0 fully saturated rings. The number of thioether (sulfide) groups is 1. The molecule has 0 bridgehead atoms. The summed E-state index contributed by atoms with van der Waals surface area (Å²) in [4.78, 5) is 15.6. The molecule has 2 N–H and O–H groups in total. The second kappa shape index (κ2) is 6.20. The molecule has 0 aliphatic heterocycles. The summed E-state index contributed by atoms with van der Waals surface area (Å²) in [6, 6.07) is 7.57. The van der Waals surface area contributed by atoms with E-state index in [4.69, 9.17) is 0 Å². The number of benzene rings is 1. The summed E-state index contributed by atoms with van der Waals surface area (Å²) in [6.07, 6.45) is 1.49. The van der Waals surface area contributed by atoms with E-state index in [1.165, 1.54) is 6.33 Å². The van der Waals surface area contributed by atoms with Gasteiger partial charge in [-0.2, -0.15) is 5.10 Å². The van der Waals surface area contributed by atoms with Gasteiger partial charge in [0.25, 0.3) is 5.91 Å². The predicted molar refractivity (Wildman–Crippen MR) is 70.4 cm³/mol. The lowest BCUT2D eigenvalue weighted by atomic mass is 10.1. The molecular weight excluding hydrogens is 248 g/mol. The van der Waals surface area contributed by atoms with Gasteiger partial charge < -0.3 is 5.32 Å². The van der Waals surface area contributed by atoms with Gasteiger partial charge in [-0.1, -0.05) is 23.9 Å². The van der Waals surface area contributed by atoms with E-state index in [9.17, 15) is 4.79 Å². The highest BCUT2D eigenvalue weighted by molar-refractivity contribution is 7.98. The van der Waals surface area contributed by atoms with Crippen LogP contribution >= 0.6 is 11.8 Å². The van der Waals surface area contributed by atoms with Crippen molar-refractivity contribution in [2.45, 2.75) is 17.8 Å². The highest BCUT2D eigenvalue weighted by Crippen LogP contribution is 2.18. The van der Waals surface area contributed by atoms with E-state index in [-0.39, 0.29) is 5.91 Å². The first-order valence-corrected chi connectivity index (χ1v) is 6.63. The van der Waals surface area contributed by atoms with Crippen LogP contribution in [0.1, 0.15) is 22.8 Å². The Morgan fingerprint density at radius 1 is 1.39 bits per heavy atom. The zero-order valence-electron chi connectivity index (χ0n) is 10.0. The number of carbonyl (C=O) groups is 1. The first kappa shape index (κ1) is 12.6. The van der Waals surface area contributed by atoms with Crippen LogP contribution in [0.2, 0.25) is 0 Å².